The van der Waals surface area contributed by atoms with Gasteiger partial charge in [-0.05, 0) is 48.8 Å². The Balaban J connectivity index is 1.65. The van der Waals surface area contributed by atoms with E-state index in [2.05, 4.69) is 31.2 Å². The third-order valence-electron chi connectivity index (χ3n) is 3.49. The normalized spacial score (nSPS) is 15.4. The topological polar surface area (TPSA) is 67.3 Å². The second-order valence-corrected chi connectivity index (χ2v) is 7.44. The molecule has 2 aromatic rings. The Labute approximate surface area is 143 Å². The first-order valence-corrected chi connectivity index (χ1v) is 8.26. The van der Waals surface area contributed by atoms with Gasteiger partial charge in [0.2, 0.25) is 0 Å². The molecule has 0 radical (unpaired) electrons. The zero-order chi connectivity index (χ0) is 16.6. The summed E-state index contributed by atoms with van der Waals surface area (Å²) >= 11 is 3.50. The predicted molar refractivity (Wildman–Crippen MR) is 92.5 cm³/mol. The largest absolute Gasteiger partial charge is 0.444 e. The average Bonchev–Trinajstić information content (AvgIpc) is 2.41. The zero-order valence-electron chi connectivity index (χ0n) is 13.3. The quantitative estimate of drug-likeness (QED) is 0.866. The summed E-state index contributed by atoms with van der Waals surface area (Å²) in [6.45, 7) is 6.81. The van der Waals surface area contributed by atoms with Crippen LogP contribution in [0.2, 0.25) is 0 Å². The minimum Gasteiger partial charge on any atom is -0.444 e. The summed E-state index contributed by atoms with van der Waals surface area (Å²) in [6.07, 6.45) is 1.27. The summed E-state index contributed by atoms with van der Waals surface area (Å²) in [6, 6.07) is 6.05. The van der Waals surface area contributed by atoms with Crippen LogP contribution >= 0.6 is 15.9 Å². The van der Waals surface area contributed by atoms with Gasteiger partial charge in [0.05, 0.1) is 11.6 Å². The first-order valence-electron chi connectivity index (χ1n) is 7.47. The summed E-state index contributed by atoms with van der Waals surface area (Å²) in [5, 5.41) is 4.33. The van der Waals surface area contributed by atoms with E-state index in [1.165, 1.54) is 0 Å². The van der Waals surface area contributed by atoms with Crippen molar-refractivity contribution in [3.05, 3.63) is 29.0 Å². The van der Waals surface area contributed by atoms with E-state index in [1.807, 2.05) is 39.0 Å². The molecule has 3 rings (SSSR count). The van der Waals surface area contributed by atoms with Gasteiger partial charge in [-0.3, -0.25) is 0 Å². The Bertz CT molecular complexity index is 738. The molecule has 1 N–H and O–H groups in total. The summed E-state index contributed by atoms with van der Waals surface area (Å²) in [5.41, 5.74) is 0.401. The van der Waals surface area contributed by atoms with Gasteiger partial charge in [0.15, 0.2) is 0 Å². The second kappa shape index (κ2) is 5.96. The molecular weight excluding hydrogens is 360 g/mol. The highest BCUT2D eigenvalue weighted by atomic mass is 79.9. The fourth-order valence-corrected chi connectivity index (χ4v) is 2.87. The summed E-state index contributed by atoms with van der Waals surface area (Å²) < 4.78 is 6.29. The molecule has 1 aromatic carbocycles. The van der Waals surface area contributed by atoms with Crippen LogP contribution in [0.5, 0.6) is 0 Å². The molecule has 7 heteroatoms. The van der Waals surface area contributed by atoms with E-state index in [0.717, 1.165) is 21.2 Å². The van der Waals surface area contributed by atoms with E-state index in [1.54, 1.807) is 11.2 Å². The molecule has 6 nitrogen and oxygen atoms in total. The molecule has 1 aliphatic rings. The number of nitrogens with zero attached hydrogens (tertiary/aromatic N) is 3. The molecule has 2 heterocycles. The highest BCUT2D eigenvalue weighted by Gasteiger charge is 2.34. The van der Waals surface area contributed by atoms with Crippen molar-refractivity contribution in [3.8, 4) is 0 Å². The lowest BCUT2D eigenvalue weighted by molar-refractivity contribution is 0.0105. The van der Waals surface area contributed by atoms with E-state index in [0.29, 0.717) is 13.1 Å². The number of hydrogen-bond donors (Lipinski definition) is 1. The Morgan fingerprint density at radius 2 is 2.09 bits per heavy atom. The summed E-state index contributed by atoms with van der Waals surface area (Å²) in [7, 11) is 0. The number of ether oxygens (including phenoxy) is 1. The van der Waals surface area contributed by atoms with Crippen LogP contribution in [-0.2, 0) is 4.74 Å². The van der Waals surface area contributed by atoms with E-state index in [4.69, 9.17) is 4.74 Å². The number of hydrogen-bond acceptors (Lipinski definition) is 5. The van der Waals surface area contributed by atoms with Gasteiger partial charge in [-0.2, -0.15) is 0 Å². The van der Waals surface area contributed by atoms with Crippen molar-refractivity contribution >= 4 is 38.7 Å². The number of anilines is 1. The fraction of sp³-hybridized carbons (Fsp3) is 0.438. The Morgan fingerprint density at radius 1 is 1.35 bits per heavy atom. The molecule has 1 aliphatic heterocycles. The molecule has 0 atom stereocenters. The maximum atomic E-state index is 11.9. The molecule has 1 aromatic heterocycles. The molecule has 0 bridgehead atoms. The smallest absolute Gasteiger partial charge is 0.410 e. The van der Waals surface area contributed by atoms with Crippen LogP contribution in [0.25, 0.3) is 10.9 Å². The SMILES string of the molecule is CC(C)(C)OC(=O)N1CC(Nc2ncnc3c(Br)cccc23)C1. The number of carbonyl (C=O) groups excluding carboxylic acids is 1. The van der Waals surface area contributed by atoms with Crippen LogP contribution in [0.4, 0.5) is 10.6 Å². The number of rotatable bonds is 2. The van der Waals surface area contributed by atoms with Gasteiger partial charge in [-0.15, -0.1) is 0 Å². The number of amides is 1. The molecular formula is C16H19BrN4O2. The van der Waals surface area contributed by atoms with Crippen molar-refractivity contribution < 1.29 is 9.53 Å². The minimum atomic E-state index is -0.468. The van der Waals surface area contributed by atoms with Crippen molar-refractivity contribution in [2.45, 2.75) is 32.4 Å². The molecule has 122 valence electrons. The first kappa shape index (κ1) is 16.0. The lowest BCUT2D eigenvalue weighted by Crippen LogP contribution is -2.58. The molecule has 0 spiro atoms. The number of carbonyl (C=O) groups is 1. The van der Waals surface area contributed by atoms with Gasteiger partial charge in [-0.1, -0.05) is 6.07 Å². The van der Waals surface area contributed by atoms with Crippen LogP contribution < -0.4 is 5.32 Å². The van der Waals surface area contributed by atoms with Gasteiger partial charge >= 0.3 is 6.09 Å². The van der Waals surface area contributed by atoms with Crippen LogP contribution in [0.15, 0.2) is 29.0 Å². The Hall–Kier alpha value is -1.89. The Kier molecular flexibility index (Phi) is 4.14. The molecule has 1 saturated heterocycles. The molecule has 0 saturated carbocycles. The number of fused-ring (bicyclic) bond motifs is 1. The Morgan fingerprint density at radius 3 is 2.78 bits per heavy atom. The molecule has 0 unspecified atom stereocenters. The van der Waals surface area contributed by atoms with Crippen LogP contribution in [0.3, 0.4) is 0 Å². The fourth-order valence-electron chi connectivity index (χ4n) is 2.41. The number of nitrogens with one attached hydrogen (secondary N) is 1. The minimum absolute atomic E-state index is 0.166. The average molecular weight is 379 g/mol. The highest BCUT2D eigenvalue weighted by Crippen LogP contribution is 2.27. The standard InChI is InChI=1S/C16H19BrN4O2/c1-16(2,3)23-15(22)21-7-10(8-21)20-14-11-5-4-6-12(17)13(11)18-9-19-14/h4-6,9-10H,7-8H2,1-3H3,(H,18,19,20). The summed E-state index contributed by atoms with van der Waals surface area (Å²) in [4.78, 5) is 22.2. The van der Waals surface area contributed by atoms with Gasteiger partial charge in [0.1, 0.15) is 17.7 Å². The molecule has 1 amide bonds. The van der Waals surface area contributed by atoms with Crippen molar-refractivity contribution in [2.75, 3.05) is 18.4 Å². The monoisotopic (exact) mass is 378 g/mol. The second-order valence-electron chi connectivity index (χ2n) is 6.58. The van der Waals surface area contributed by atoms with Crippen molar-refractivity contribution in [1.82, 2.24) is 14.9 Å². The highest BCUT2D eigenvalue weighted by molar-refractivity contribution is 9.10. The number of aromatic nitrogens is 2. The van der Waals surface area contributed by atoms with Crippen LogP contribution in [0.1, 0.15) is 20.8 Å². The maximum absolute atomic E-state index is 11.9. The van der Waals surface area contributed by atoms with E-state index < -0.39 is 5.60 Å². The number of benzene rings is 1. The number of para-hydroxylation sites is 1. The van der Waals surface area contributed by atoms with E-state index in [-0.39, 0.29) is 12.1 Å². The van der Waals surface area contributed by atoms with E-state index >= 15 is 0 Å². The third kappa shape index (κ3) is 3.55. The predicted octanol–water partition coefficient (Wildman–Crippen LogP) is 3.42. The lowest BCUT2D eigenvalue weighted by atomic mass is 10.1. The first-order chi connectivity index (χ1) is 10.8. The molecule has 23 heavy (non-hydrogen) atoms. The van der Waals surface area contributed by atoms with Gasteiger partial charge in [-0.25, -0.2) is 14.8 Å². The number of halogens is 1. The van der Waals surface area contributed by atoms with Gasteiger partial charge < -0.3 is 15.0 Å². The van der Waals surface area contributed by atoms with Crippen molar-refractivity contribution in [3.63, 3.8) is 0 Å². The van der Waals surface area contributed by atoms with Crippen LogP contribution in [-0.4, -0.2) is 45.7 Å². The number of likely N-dealkylation sites (tertiary alicyclic amines) is 1. The summed E-state index contributed by atoms with van der Waals surface area (Å²) in [5.74, 6) is 0.783. The van der Waals surface area contributed by atoms with Crippen LogP contribution in [0, 0.1) is 0 Å². The molecule has 1 fully saturated rings. The third-order valence-corrected chi connectivity index (χ3v) is 4.13. The van der Waals surface area contributed by atoms with Crippen molar-refractivity contribution in [1.29, 1.82) is 0 Å². The van der Waals surface area contributed by atoms with Gasteiger partial charge in [0, 0.05) is 22.9 Å². The lowest BCUT2D eigenvalue weighted by Gasteiger charge is -2.40. The maximum Gasteiger partial charge on any atom is 0.410 e. The molecule has 0 aliphatic carbocycles. The zero-order valence-corrected chi connectivity index (χ0v) is 14.9. The van der Waals surface area contributed by atoms with Crippen molar-refractivity contribution in [2.24, 2.45) is 0 Å². The van der Waals surface area contributed by atoms with E-state index in [9.17, 15) is 4.79 Å². The van der Waals surface area contributed by atoms with Gasteiger partial charge in [0.25, 0.3) is 0 Å².